The molecule has 154 valence electrons. The van der Waals surface area contributed by atoms with E-state index in [2.05, 4.69) is 15.6 Å². The minimum absolute atomic E-state index is 0.284. The second-order valence-corrected chi connectivity index (χ2v) is 7.53. The van der Waals surface area contributed by atoms with Gasteiger partial charge in [0.15, 0.2) is 0 Å². The summed E-state index contributed by atoms with van der Waals surface area (Å²) in [6, 6.07) is 18.1. The van der Waals surface area contributed by atoms with Crippen LogP contribution in [-0.2, 0) is 10.3 Å². The van der Waals surface area contributed by atoms with Gasteiger partial charge >= 0.3 is 6.03 Å². The van der Waals surface area contributed by atoms with E-state index in [1.54, 1.807) is 30.6 Å². The molecule has 2 amide bonds. The summed E-state index contributed by atoms with van der Waals surface area (Å²) in [4.78, 5) is 16.8. The number of carbonyl (C=O) groups is 1. The quantitative estimate of drug-likeness (QED) is 0.579. The zero-order valence-electron chi connectivity index (χ0n) is 16.3. The molecule has 2 aromatic carbocycles. The Morgan fingerprint density at radius 2 is 1.73 bits per heavy atom. The Morgan fingerprint density at radius 3 is 2.47 bits per heavy atom. The number of hydrogen-bond donors (Lipinski definition) is 2. The second kappa shape index (κ2) is 9.15. The molecule has 1 aliphatic rings. The number of pyridine rings is 1. The topological polar surface area (TPSA) is 72.5 Å². The third kappa shape index (κ3) is 4.90. The van der Waals surface area contributed by atoms with Crippen molar-refractivity contribution in [2.45, 2.75) is 18.4 Å². The van der Waals surface area contributed by atoms with Crippen molar-refractivity contribution < 1.29 is 14.3 Å². The van der Waals surface area contributed by atoms with Gasteiger partial charge in [0.1, 0.15) is 11.5 Å². The normalized spacial score (nSPS) is 15.2. The molecule has 0 radical (unpaired) electrons. The van der Waals surface area contributed by atoms with E-state index in [9.17, 15) is 4.79 Å². The van der Waals surface area contributed by atoms with E-state index < -0.39 is 5.54 Å². The van der Waals surface area contributed by atoms with Gasteiger partial charge in [-0.2, -0.15) is 0 Å². The van der Waals surface area contributed by atoms with Gasteiger partial charge in [-0.15, -0.1) is 0 Å². The molecule has 2 N–H and O–H groups in total. The van der Waals surface area contributed by atoms with Crippen LogP contribution in [0.15, 0.2) is 73.1 Å². The highest BCUT2D eigenvalue weighted by molar-refractivity contribution is 6.30. The van der Waals surface area contributed by atoms with Gasteiger partial charge in [-0.1, -0.05) is 29.8 Å². The molecule has 0 saturated carbocycles. The number of nitrogens with zero attached hydrogens (tertiary/aromatic N) is 1. The highest BCUT2D eigenvalue weighted by Gasteiger charge is 2.36. The first kappa shape index (κ1) is 20.2. The number of urea groups is 1. The van der Waals surface area contributed by atoms with Crippen LogP contribution in [0.1, 0.15) is 18.4 Å². The maximum Gasteiger partial charge on any atom is 0.319 e. The zero-order valence-corrected chi connectivity index (χ0v) is 17.1. The molecule has 1 aromatic heterocycles. The smallest absolute Gasteiger partial charge is 0.319 e. The molecule has 1 saturated heterocycles. The standard InChI is InChI=1S/C23H22ClN3O3/c24-18-6-4-17(5-7-18)23(10-14-29-15-11-23)27-22(28)26-19-2-1-3-21(16-19)30-20-8-12-25-13-9-20/h1-9,12-13,16H,10-11,14-15H2,(H2,26,27,28). The number of hydrogen-bond acceptors (Lipinski definition) is 4. The SMILES string of the molecule is O=C(Nc1cccc(Oc2ccncc2)c1)NC1(c2ccc(Cl)cc2)CCOCC1. The van der Waals surface area contributed by atoms with Crippen molar-refractivity contribution in [1.82, 2.24) is 10.3 Å². The van der Waals surface area contributed by atoms with Crippen molar-refractivity contribution in [2.24, 2.45) is 0 Å². The number of carbonyl (C=O) groups excluding carboxylic acids is 1. The van der Waals surface area contributed by atoms with E-state index in [1.807, 2.05) is 42.5 Å². The average Bonchev–Trinajstić information content (AvgIpc) is 2.76. The van der Waals surface area contributed by atoms with E-state index in [1.165, 1.54) is 0 Å². The summed E-state index contributed by atoms with van der Waals surface area (Å²) in [6.07, 6.45) is 4.70. The molecule has 0 spiro atoms. The lowest BCUT2D eigenvalue weighted by molar-refractivity contribution is 0.0418. The Balaban J connectivity index is 1.47. The third-order valence-electron chi connectivity index (χ3n) is 5.07. The fourth-order valence-electron chi connectivity index (χ4n) is 3.53. The predicted molar refractivity (Wildman–Crippen MR) is 116 cm³/mol. The fourth-order valence-corrected chi connectivity index (χ4v) is 3.66. The largest absolute Gasteiger partial charge is 0.457 e. The third-order valence-corrected chi connectivity index (χ3v) is 5.33. The lowest BCUT2D eigenvalue weighted by Crippen LogP contribution is -2.50. The number of anilines is 1. The molecule has 6 nitrogen and oxygen atoms in total. The highest BCUT2D eigenvalue weighted by atomic mass is 35.5. The summed E-state index contributed by atoms with van der Waals surface area (Å²) in [5.74, 6) is 1.30. The summed E-state index contributed by atoms with van der Waals surface area (Å²) in [7, 11) is 0. The van der Waals surface area contributed by atoms with Gasteiger partial charge in [0.25, 0.3) is 0 Å². The maximum absolute atomic E-state index is 12.9. The van der Waals surface area contributed by atoms with Gasteiger partial charge in [-0.25, -0.2) is 4.79 Å². The summed E-state index contributed by atoms with van der Waals surface area (Å²) in [5, 5.41) is 6.74. The number of rotatable bonds is 5. The van der Waals surface area contributed by atoms with E-state index in [0.717, 1.165) is 5.56 Å². The van der Waals surface area contributed by atoms with Gasteiger partial charge in [0, 0.05) is 42.4 Å². The van der Waals surface area contributed by atoms with Crippen LogP contribution in [0.4, 0.5) is 10.5 Å². The molecular formula is C23H22ClN3O3. The number of nitrogens with one attached hydrogen (secondary N) is 2. The summed E-state index contributed by atoms with van der Waals surface area (Å²) < 4.78 is 11.3. The molecule has 0 aliphatic carbocycles. The van der Waals surface area contributed by atoms with Crippen molar-refractivity contribution in [3.05, 3.63) is 83.6 Å². The number of halogens is 1. The van der Waals surface area contributed by atoms with Crippen LogP contribution in [0.3, 0.4) is 0 Å². The molecule has 1 fully saturated rings. The molecule has 0 unspecified atom stereocenters. The van der Waals surface area contributed by atoms with Gasteiger partial charge in [-0.05, 0) is 54.8 Å². The minimum atomic E-state index is -0.502. The Hall–Kier alpha value is -3.09. The molecule has 3 aromatic rings. The Bertz CT molecular complexity index is 990. The summed E-state index contributed by atoms with van der Waals surface area (Å²) in [6.45, 7) is 1.16. The van der Waals surface area contributed by atoms with Crippen LogP contribution in [0, 0.1) is 0 Å². The van der Waals surface area contributed by atoms with Crippen molar-refractivity contribution in [2.75, 3.05) is 18.5 Å². The van der Waals surface area contributed by atoms with Crippen LogP contribution in [0.2, 0.25) is 5.02 Å². The maximum atomic E-state index is 12.9. The van der Waals surface area contributed by atoms with Crippen molar-refractivity contribution in [3.63, 3.8) is 0 Å². The number of amides is 2. The van der Waals surface area contributed by atoms with Crippen LogP contribution in [0.25, 0.3) is 0 Å². The highest BCUT2D eigenvalue weighted by Crippen LogP contribution is 2.33. The Kier molecular flexibility index (Phi) is 6.16. The average molecular weight is 424 g/mol. The number of aromatic nitrogens is 1. The second-order valence-electron chi connectivity index (χ2n) is 7.09. The lowest BCUT2D eigenvalue weighted by Gasteiger charge is -2.38. The Labute approximate surface area is 180 Å². The first-order valence-corrected chi connectivity index (χ1v) is 10.1. The molecule has 4 rings (SSSR count). The van der Waals surface area contributed by atoms with Gasteiger partial charge in [0.2, 0.25) is 0 Å². The zero-order chi connectivity index (χ0) is 20.8. The van der Waals surface area contributed by atoms with Crippen LogP contribution in [0.5, 0.6) is 11.5 Å². The monoisotopic (exact) mass is 423 g/mol. The van der Waals surface area contributed by atoms with E-state index in [-0.39, 0.29) is 6.03 Å². The number of ether oxygens (including phenoxy) is 2. The predicted octanol–water partition coefficient (Wildman–Crippen LogP) is 5.35. The van der Waals surface area contributed by atoms with Crippen molar-refractivity contribution in [3.8, 4) is 11.5 Å². The van der Waals surface area contributed by atoms with Gasteiger partial charge in [-0.3, -0.25) is 4.98 Å². The minimum Gasteiger partial charge on any atom is -0.457 e. The molecule has 0 atom stereocenters. The Morgan fingerprint density at radius 1 is 1.00 bits per heavy atom. The fraction of sp³-hybridized carbons (Fsp3) is 0.217. The van der Waals surface area contributed by atoms with Crippen molar-refractivity contribution in [1.29, 1.82) is 0 Å². The molecule has 0 bridgehead atoms. The molecule has 7 heteroatoms. The summed E-state index contributed by atoms with van der Waals surface area (Å²) >= 11 is 6.04. The molecular weight excluding hydrogens is 402 g/mol. The van der Waals surface area contributed by atoms with Gasteiger partial charge in [0.05, 0.1) is 5.54 Å². The number of benzene rings is 2. The first-order chi connectivity index (χ1) is 14.6. The lowest BCUT2D eigenvalue weighted by atomic mass is 9.83. The molecule has 1 aliphatic heterocycles. The summed E-state index contributed by atoms with van der Waals surface area (Å²) in [5.41, 5.74) is 1.15. The van der Waals surface area contributed by atoms with Crippen molar-refractivity contribution >= 4 is 23.3 Å². The first-order valence-electron chi connectivity index (χ1n) is 9.74. The van der Waals surface area contributed by atoms with Gasteiger partial charge < -0.3 is 20.1 Å². The van der Waals surface area contributed by atoms with E-state index in [4.69, 9.17) is 21.1 Å². The van der Waals surface area contributed by atoms with Crippen LogP contribution >= 0.6 is 11.6 Å². The van der Waals surface area contributed by atoms with Crippen LogP contribution < -0.4 is 15.4 Å². The van der Waals surface area contributed by atoms with E-state index >= 15 is 0 Å². The van der Waals surface area contributed by atoms with Crippen LogP contribution in [-0.4, -0.2) is 24.2 Å². The molecule has 30 heavy (non-hydrogen) atoms. The van der Waals surface area contributed by atoms with E-state index in [0.29, 0.717) is 48.3 Å². The molecule has 2 heterocycles.